The molecule has 16 aromatic rings. The van der Waals surface area contributed by atoms with E-state index in [9.17, 15) is 0 Å². The van der Waals surface area contributed by atoms with Crippen molar-refractivity contribution < 1.29 is 0 Å². The Morgan fingerprint density at radius 1 is 0.204 bits per heavy atom. The van der Waals surface area contributed by atoms with E-state index in [1.54, 1.807) is 18.3 Å². The van der Waals surface area contributed by atoms with Crippen molar-refractivity contribution in [2.24, 2.45) is 0 Å². The molecule has 0 unspecified atom stereocenters. The number of aromatic nitrogens is 4. The van der Waals surface area contributed by atoms with Crippen molar-refractivity contribution in [3.63, 3.8) is 0 Å². The molecular weight excluding hydrogens is 1470 g/mol. The first-order valence-corrected chi connectivity index (χ1v) is 43.4. The highest BCUT2D eigenvalue weighted by Gasteiger charge is 2.36. The molecule has 0 saturated heterocycles. The summed E-state index contributed by atoms with van der Waals surface area (Å²) in [5, 5.41) is 18.4. The summed E-state index contributed by atoms with van der Waals surface area (Å²) in [5.74, 6) is 0. The van der Waals surface area contributed by atoms with Gasteiger partial charge in [-0.2, -0.15) is 0 Å². The topological polar surface area (TPSA) is 156 Å². The third-order valence-corrected chi connectivity index (χ3v) is 27.1. The van der Waals surface area contributed by atoms with Gasteiger partial charge in [0.05, 0.1) is 0 Å². The van der Waals surface area contributed by atoms with E-state index >= 15 is 38.4 Å². The Bertz CT molecular complexity index is 6210. The molecule has 0 saturated carbocycles. The smallest absolute Gasteiger partial charge is 0.261 e. The first-order valence-electron chi connectivity index (χ1n) is 41.8. The molecular formula is C94H102Br2N4O8. The van der Waals surface area contributed by atoms with Crippen LogP contribution in [0.25, 0.3) is 162 Å². The average molecular weight is 1580 g/mol. The van der Waals surface area contributed by atoms with Crippen LogP contribution in [0.2, 0.25) is 0 Å². The molecule has 0 aliphatic rings. The minimum atomic E-state index is -0.373. The minimum absolute atomic E-state index is 0.322. The Morgan fingerprint density at radius 3 is 0.611 bits per heavy atom. The molecule has 0 amide bonds. The van der Waals surface area contributed by atoms with Crippen LogP contribution in [0.15, 0.2) is 108 Å². The molecule has 0 radical (unpaired) electrons. The second-order valence-corrected chi connectivity index (χ2v) is 34.2. The molecule has 4 heterocycles. The zero-order chi connectivity index (χ0) is 75.4. The number of rotatable bonds is 36. The van der Waals surface area contributed by atoms with Crippen molar-refractivity contribution >= 4 is 193 Å². The molecule has 12 nitrogen and oxygen atoms in total. The van der Waals surface area contributed by atoms with Gasteiger partial charge in [-0.3, -0.25) is 56.6 Å². The maximum atomic E-state index is 16.7. The molecule has 16 rings (SSSR count). The van der Waals surface area contributed by atoms with E-state index in [4.69, 9.17) is 0 Å². The Balaban J connectivity index is 1.20. The van der Waals surface area contributed by atoms with Crippen molar-refractivity contribution in [3.8, 4) is 0 Å². The SMILES string of the molecule is CCCCCC(CCCCC)n1c(=O)c2ccc3c4c(Br)cc5c(=O)n(C(CCCCC)CCCCC)c(=O)c6cc7c8c9cc%10c(=O)n(C(CCCCC)CCCCC)c(=O)c%11ccc%12c%13c(Br)cc%14c(=O)n(C(CCCCC)CCCCC)c(=O)c%15cc(c8c8cc(c1=O)c2c3c8c7c4c56)c(c9c%12c%11%10)c%13c%14%15. The van der Waals surface area contributed by atoms with Crippen LogP contribution in [0.4, 0.5) is 0 Å². The fourth-order valence-corrected chi connectivity index (χ4v) is 22.0. The second-order valence-electron chi connectivity index (χ2n) is 32.5. The number of unbranched alkanes of at least 4 members (excludes halogenated alkanes) is 16. The number of nitrogens with zero attached hydrogens (tertiary/aromatic N) is 4. The average Bonchev–Trinajstić information content (AvgIpc) is 0.675. The summed E-state index contributed by atoms with van der Waals surface area (Å²) < 4.78 is 7.59. The van der Waals surface area contributed by atoms with Crippen LogP contribution in [-0.4, -0.2) is 18.3 Å². The van der Waals surface area contributed by atoms with E-state index in [1.165, 1.54) is 0 Å². The van der Waals surface area contributed by atoms with Crippen LogP contribution in [0.1, 0.15) is 285 Å². The van der Waals surface area contributed by atoms with Gasteiger partial charge in [-0.05, 0) is 175 Å². The van der Waals surface area contributed by atoms with Crippen LogP contribution in [0.3, 0.4) is 0 Å². The largest absolute Gasteiger partial charge is 0.271 e. The minimum Gasteiger partial charge on any atom is -0.271 e. The first-order chi connectivity index (χ1) is 52.6. The second kappa shape index (κ2) is 30.0. The van der Waals surface area contributed by atoms with Gasteiger partial charge in [0.1, 0.15) is 0 Å². The third-order valence-electron chi connectivity index (χ3n) is 25.8. The lowest BCUT2D eigenvalue weighted by atomic mass is 9.76. The third kappa shape index (κ3) is 11.3. The molecule has 0 aliphatic carbocycles. The van der Waals surface area contributed by atoms with Gasteiger partial charge < -0.3 is 0 Å². The number of pyridine rings is 4. The Hall–Kier alpha value is -7.94. The van der Waals surface area contributed by atoms with Crippen molar-refractivity contribution in [1.82, 2.24) is 18.3 Å². The number of hydrogen-bond acceptors (Lipinski definition) is 8. The van der Waals surface area contributed by atoms with Crippen LogP contribution >= 0.6 is 31.9 Å². The monoisotopic (exact) mass is 1570 g/mol. The van der Waals surface area contributed by atoms with E-state index in [1.807, 2.05) is 60.7 Å². The van der Waals surface area contributed by atoms with Gasteiger partial charge in [0, 0.05) is 119 Å². The number of hydrogen-bond donors (Lipinski definition) is 0. The molecule has 0 spiro atoms. The van der Waals surface area contributed by atoms with E-state index in [2.05, 4.69) is 87.2 Å². The van der Waals surface area contributed by atoms with Crippen LogP contribution in [-0.2, 0) is 0 Å². The fraction of sp³-hybridized carbons (Fsp3) is 0.468. The molecule has 12 aromatic carbocycles. The normalized spacial score (nSPS) is 13.1. The summed E-state index contributed by atoms with van der Waals surface area (Å²) in [6.45, 7) is 17.4. The maximum absolute atomic E-state index is 16.7. The predicted octanol–water partition coefficient (Wildman–Crippen LogP) is 24.9. The highest BCUT2D eigenvalue weighted by Crippen LogP contribution is 2.58. The molecule has 0 N–H and O–H groups in total. The first kappa shape index (κ1) is 74.2. The molecule has 560 valence electrons. The molecule has 0 bridgehead atoms. The van der Waals surface area contributed by atoms with E-state index in [0.717, 1.165) is 197 Å². The Labute approximate surface area is 644 Å². The lowest BCUT2D eigenvalue weighted by Crippen LogP contribution is -2.37. The standard InChI is InChI=1S/C94H102Br2N4O8/c1-9-17-25-33-51(34-26-18-10-2)97-87(101)57-43-41-55-77-69(95)49-67-75-66(92(106)100(93(67)107)54(39-31-23-15-7)40-32-24-16-8)48-62-74-60-46-64-72-58(88(102)98(90(64)104)52(35-27-19-11-3)36-28-20-12-4)44-42-56-78-70(96)50-68-76-65(91(105)99(94(68)108)53(37-29-21-13-5)38-30-22-14-6)47-61(84(86(76)78)82(60)80(56)72)73(74)59-45-63(89(97)103)71(57)79(55)81(59)83(62)85(75)77/h41-54H,9-40H2,1-8H3. The zero-order valence-electron chi connectivity index (χ0n) is 64.5. The highest BCUT2D eigenvalue weighted by atomic mass is 79.9. The summed E-state index contributed by atoms with van der Waals surface area (Å²) >= 11 is 8.33. The molecule has 0 fully saturated rings. The molecule has 14 heteroatoms. The lowest BCUT2D eigenvalue weighted by molar-refractivity contribution is 0.387. The van der Waals surface area contributed by atoms with Gasteiger partial charge in [-0.1, -0.05) is 253 Å². The summed E-state index contributed by atoms with van der Waals surface area (Å²) in [7, 11) is 0. The van der Waals surface area contributed by atoms with E-state index < -0.39 is 0 Å². The lowest BCUT2D eigenvalue weighted by Gasteiger charge is -2.28. The van der Waals surface area contributed by atoms with E-state index in [0.29, 0.717) is 179 Å². The van der Waals surface area contributed by atoms with Gasteiger partial charge in [0.15, 0.2) is 0 Å². The quantitative estimate of drug-likeness (QED) is 0.0213. The molecule has 0 atom stereocenters. The van der Waals surface area contributed by atoms with Gasteiger partial charge in [0.25, 0.3) is 44.5 Å². The summed E-state index contributed by atoms with van der Waals surface area (Å²) in [6, 6.07) is 18.3. The van der Waals surface area contributed by atoms with Crippen molar-refractivity contribution in [3.05, 3.63) is 152 Å². The van der Waals surface area contributed by atoms with Gasteiger partial charge in [0.2, 0.25) is 0 Å². The number of fused-ring (bicyclic) bond motifs is 7. The van der Waals surface area contributed by atoms with Crippen molar-refractivity contribution in [2.45, 2.75) is 285 Å². The number of benzene rings is 12. The number of halogens is 2. The Kier molecular flexibility index (Phi) is 20.6. The summed E-state index contributed by atoms with van der Waals surface area (Å²) in [6.07, 6.45) is 27.7. The molecule has 0 aliphatic heterocycles. The van der Waals surface area contributed by atoms with Gasteiger partial charge in [-0.25, -0.2) is 0 Å². The van der Waals surface area contributed by atoms with Gasteiger partial charge in [-0.15, -0.1) is 0 Å². The van der Waals surface area contributed by atoms with E-state index in [-0.39, 0.29) is 68.6 Å². The molecule has 4 aromatic heterocycles. The summed E-state index contributed by atoms with van der Waals surface area (Å²) in [4.78, 5) is 131. The van der Waals surface area contributed by atoms with Crippen molar-refractivity contribution in [1.29, 1.82) is 0 Å². The van der Waals surface area contributed by atoms with Crippen molar-refractivity contribution in [2.75, 3.05) is 0 Å². The summed E-state index contributed by atoms with van der Waals surface area (Å²) in [5.41, 5.74) is -2.78. The Morgan fingerprint density at radius 2 is 0.380 bits per heavy atom. The zero-order valence-corrected chi connectivity index (χ0v) is 67.7. The molecule has 108 heavy (non-hydrogen) atoms. The van der Waals surface area contributed by atoms with Crippen LogP contribution in [0, 0.1) is 0 Å². The van der Waals surface area contributed by atoms with Crippen LogP contribution < -0.4 is 44.5 Å². The maximum Gasteiger partial charge on any atom is 0.261 e. The fourth-order valence-electron chi connectivity index (χ4n) is 20.7. The van der Waals surface area contributed by atoms with Crippen LogP contribution in [0.5, 0.6) is 0 Å². The van der Waals surface area contributed by atoms with Gasteiger partial charge >= 0.3 is 0 Å². The predicted molar refractivity (Wildman–Crippen MR) is 465 cm³/mol. The highest BCUT2D eigenvalue weighted by molar-refractivity contribution is 9.11.